The number of nitrogens with one attached hydrogen (secondary N) is 1. The van der Waals surface area contributed by atoms with E-state index in [4.69, 9.17) is 9.72 Å². The van der Waals surface area contributed by atoms with Crippen molar-refractivity contribution in [1.82, 2.24) is 14.5 Å². The van der Waals surface area contributed by atoms with Crippen LogP contribution in [0.5, 0.6) is 5.75 Å². The molecule has 0 aliphatic rings. The van der Waals surface area contributed by atoms with Crippen molar-refractivity contribution >= 4 is 22.6 Å². The van der Waals surface area contributed by atoms with Crippen LogP contribution >= 0.6 is 0 Å². The van der Waals surface area contributed by atoms with E-state index >= 15 is 0 Å². The zero-order chi connectivity index (χ0) is 25.7. The molecule has 7 nitrogen and oxygen atoms in total. The average molecular weight is 485 g/mol. The molecule has 4 rings (SSSR count). The van der Waals surface area contributed by atoms with Crippen LogP contribution < -0.4 is 15.6 Å². The van der Waals surface area contributed by atoms with Crippen LogP contribution in [0.4, 0.5) is 10.5 Å². The van der Waals surface area contributed by atoms with Crippen molar-refractivity contribution in [3.8, 4) is 11.4 Å². The van der Waals surface area contributed by atoms with Crippen LogP contribution in [0.1, 0.15) is 44.1 Å². The Morgan fingerprint density at radius 3 is 2.44 bits per heavy atom. The van der Waals surface area contributed by atoms with Gasteiger partial charge < -0.3 is 15.0 Å². The highest BCUT2D eigenvalue weighted by Gasteiger charge is 2.27. The van der Waals surface area contributed by atoms with E-state index in [0.29, 0.717) is 34.7 Å². The van der Waals surface area contributed by atoms with Crippen molar-refractivity contribution in [2.24, 2.45) is 0 Å². The van der Waals surface area contributed by atoms with E-state index in [-0.39, 0.29) is 11.6 Å². The number of unbranched alkanes of at least 4 members (excludes halogenated alkanes) is 1. The standard InChI is InChI=1S/C29H32N4O3/c1-5-6-19-32(29(35)30-22-15-17-23(36-4)18-16-22)21(3)27-31-25-13-9-8-12-24(25)28(34)33(27)26-14-10-7-11-20(26)2/h7-18,21H,5-6,19H2,1-4H3,(H,30,35). The van der Waals surface area contributed by atoms with E-state index < -0.39 is 6.04 Å². The summed E-state index contributed by atoms with van der Waals surface area (Å²) in [5.74, 6) is 1.24. The SMILES string of the molecule is CCCCN(C(=O)Nc1ccc(OC)cc1)C(C)c1nc2ccccc2c(=O)n1-c1ccccc1C. The molecule has 0 aliphatic carbocycles. The molecule has 0 spiro atoms. The molecule has 186 valence electrons. The number of carbonyl (C=O) groups is 1. The molecule has 0 saturated carbocycles. The molecule has 1 unspecified atom stereocenters. The number of hydrogen-bond acceptors (Lipinski definition) is 4. The third kappa shape index (κ3) is 5.10. The van der Waals surface area contributed by atoms with E-state index in [1.165, 1.54) is 0 Å². The second-order valence-corrected chi connectivity index (χ2v) is 8.80. The summed E-state index contributed by atoms with van der Waals surface area (Å²) < 4.78 is 6.87. The molecule has 0 fully saturated rings. The van der Waals surface area contributed by atoms with Gasteiger partial charge in [-0.3, -0.25) is 9.36 Å². The summed E-state index contributed by atoms with van der Waals surface area (Å²) in [5, 5.41) is 3.53. The highest BCUT2D eigenvalue weighted by Crippen LogP contribution is 2.26. The van der Waals surface area contributed by atoms with Gasteiger partial charge in [-0.2, -0.15) is 0 Å². The zero-order valence-electron chi connectivity index (χ0n) is 21.2. The van der Waals surface area contributed by atoms with Crippen molar-refractivity contribution in [1.29, 1.82) is 0 Å². The van der Waals surface area contributed by atoms with Crippen molar-refractivity contribution in [3.63, 3.8) is 0 Å². The van der Waals surface area contributed by atoms with Gasteiger partial charge in [0.05, 0.1) is 29.7 Å². The molecule has 1 atom stereocenters. The molecule has 0 radical (unpaired) electrons. The van der Waals surface area contributed by atoms with Gasteiger partial charge in [-0.1, -0.05) is 43.7 Å². The number of fused-ring (bicyclic) bond motifs is 1. The molecular weight excluding hydrogens is 452 g/mol. The van der Waals surface area contributed by atoms with Crippen LogP contribution in [0, 0.1) is 6.92 Å². The van der Waals surface area contributed by atoms with Gasteiger partial charge in [0.2, 0.25) is 0 Å². The fourth-order valence-electron chi connectivity index (χ4n) is 4.29. The van der Waals surface area contributed by atoms with Gasteiger partial charge in [0, 0.05) is 12.2 Å². The third-order valence-corrected chi connectivity index (χ3v) is 6.35. The molecule has 1 heterocycles. The smallest absolute Gasteiger partial charge is 0.322 e. The number of ether oxygens (including phenoxy) is 1. The fraction of sp³-hybridized carbons (Fsp3) is 0.276. The molecule has 2 amide bonds. The Bertz CT molecular complexity index is 1410. The highest BCUT2D eigenvalue weighted by atomic mass is 16.5. The first-order valence-corrected chi connectivity index (χ1v) is 12.2. The number of hydrogen-bond donors (Lipinski definition) is 1. The molecule has 0 saturated heterocycles. The molecule has 36 heavy (non-hydrogen) atoms. The summed E-state index contributed by atoms with van der Waals surface area (Å²) in [4.78, 5) is 33.9. The predicted octanol–water partition coefficient (Wildman–Crippen LogP) is 6.10. The third-order valence-electron chi connectivity index (χ3n) is 6.35. The summed E-state index contributed by atoms with van der Waals surface area (Å²) in [6, 6.07) is 21.6. The maximum atomic E-state index is 13.8. The monoisotopic (exact) mass is 484 g/mol. The fourth-order valence-corrected chi connectivity index (χ4v) is 4.29. The number of anilines is 1. The number of carbonyl (C=O) groups excluding carboxylic acids is 1. The van der Waals surface area contributed by atoms with Crippen LogP contribution in [-0.2, 0) is 0 Å². The van der Waals surface area contributed by atoms with E-state index in [2.05, 4.69) is 12.2 Å². The van der Waals surface area contributed by atoms with Gasteiger partial charge in [-0.25, -0.2) is 9.78 Å². The Hall–Kier alpha value is -4.13. The average Bonchev–Trinajstić information content (AvgIpc) is 2.90. The van der Waals surface area contributed by atoms with E-state index in [1.54, 1.807) is 46.9 Å². The first-order chi connectivity index (χ1) is 17.4. The Labute approximate surface area is 211 Å². The van der Waals surface area contributed by atoms with E-state index in [9.17, 15) is 9.59 Å². The molecule has 0 bridgehead atoms. The van der Waals surface area contributed by atoms with Gasteiger partial charge in [-0.15, -0.1) is 0 Å². The predicted molar refractivity (Wildman–Crippen MR) is 144 cm³/mol. The summed E-state index contributed by atoms with van der Waals surface area (Å²) in [6.45, 7) is 6.50. The van der Waals surface area contributed by atoms with Gasteiger partial charge in [0.1, 0.15) is 11.6 Å². The quantitative estimate of drug-likeness (QED) is 0.328. The van der Waals surface area contributed by atoms with Crippen LogP contribution in [-0.4, -0.2) is 34.1 Å². The number of benzene rings is 3. The highest BCUT2D eigenvalue weighted by molar-refractivity contribution is 5.89. The minimum absolute atomic E-state index is 0.150. The lowest BCUT2D eigenvalue weighted by molar-refractivity contribution is 0.188. The van der Waals surface area contributed by atoms with Crippen molar-refractivity contribution in [3.05, 3.63) is 94.5 Å². The molecule has 3 aromatic carbocycles. The molecule has 7 heteroatoms. The summed E-state index contributed by atoms with van der Waals surface area (Å²) >= 11 is 0. The number of nitrogens with zero attached hydrogens (tertiary/aromatic N) is 3. The number of amides is 2. The minimum Gasteiger partial charge on any atom is -0.497 e. The Balaban J connectivity index is 1.80. The number of urea groups is 1. The lowest BCUT2D eigenvalue weighted by Gasteiger charge is -2.31. The number of methoxy groups -OCH3 is 1. The van der Waals surface area contributed by atoms with Crippen LogP contribution in [0.25, 0.3) is 16.6 Å². The lowest BCUT2D eigenvalue weighted by Crippen LogP contribution is -2.40. The van der Waals surface area contributed by atoms with E-state index in [1.807, 2.05) is 56.3 Å². The number of aryl methyl sites for hydroxylation is 1. The Morgan fingerprint density at radius 2 is 1.75 bits per heavy atom. The molecule has 1 aromatic heterocycles. The Morgan fingerprint density at radius 1 is 1.06 bits per heavy atom. The summed E-state index contributed by atoms with van der Waals surface area (Å²) in [6.07, 6.45) is 1.75. The van der Waals surface area contributed by atoms with Gasteiger partial charge in [-0.05, 0) is 68.3 Å². The molecule has 0 aliphatic heterocycles. The molecular formula is C29H32N4O3. The molecule has 1 N–H and O–H groups in total. The van der Waals surface area contributed by atoms with Crippen molar-refractivity contribution in [2.45, 2.75) is 39.7 Å². The van der Waals surface area contributed by atoms with Crippen LogP contribution in [0.3, 0.4) is 0 Å². The summed E-state index contributed by atoms with van der Waals surface area (Å²) in [7, 11) is 1.60. The topological polar surface area (TPSA) is 76.5 Å². The van der Waals surface area contributed by atoms with Crippen molar-refractivity contribution in [2.75, 3.05) is 19.0 Å². The zero-order valence-corrected chi connectivity index (χ0v) is 21.2. The second-order valence-electron chi connectivity index (χ2n) is 8.80. The summed E-state index contributed by atoms with van der Waals surface area (Å²) in [5.41, 5.74) is 2.83. The Kier molecular flexibility index (Phi) is 7.68. The van der Waals surface area contributed by atoms with Gasteiger partial charge >= 0.3 is 6.03 Å². The first-order valence-electron chi connectivity index (χ1n) is 12.2. The lowest BCUT2D eigenvalue weighted by atomic mass is 10.1. The van der Waals surface area contributed by atoms with Crippen LogP contribution in [0.15, 0.2) is 77.6 Å². The van der Waals surface area contributed by atoms with Crippen LogP contribution in [0.2, 0.25) is 0 Å². The number of aromatic nitrogens is 2. The van der Waals surface area contributed by atoms with Gasteiger partial charge in [0.25, 0.3) is 5.56 Å². The second kappa shape index (κ2) is 11.1. The van der Waals surface area contributed by atoms with Crippen molar-refractivity contribution < 1.29 is 9.53 Å². The normalized spacial score (nSPS) is 11.8. The minimum atomic E-state index is -0.466. The maximum Gasteiger partial charge on any atom is 0.322 e. The number of para-hydroxylation sites is 2. The van der Waals surface area contributed by atoms with Gasteiger partial charge in [0.15, 0.2) is 0 Å². The first kappa shape index (κ1) is 25.0. The number of rotatable bonds is 8. The van der Waals surface area contributed by atoms with E-state index in [0.717, 1.165) is 24.1 Å². The maximum absolute atomic E-state index is 13.8. The molecule has 4 aromatic rings. The largest absolute Gasteiger partial charge is 0.497 e.